The van der Waals surface area contributed by atoms with E-state index in [0.717, 1.165) is 36.4 Å². The van der Waals surface area contributed by atoms with Crippen LogP contribution in [0.25, 0.3) is 11.0 Å². The second kappa shape index (κ2) is 3.43. The fourth-order valence-electron chi connectivity index (χ4n) is 2.83. The van der Waals surface area contributed by atoms with E-state index in [0.29, 0.717) is 17.7 Å². The molecule has 6 heteroatoms. The number of pyridine rings is 1. The van der Waals surface area contributed by atoms with Gasteiger partial charge in [0, 0.05) is 11.9 Å². The maximum absolute atomic E-state index is 9.27. The lowest BCUT2D eigenvalue weighted by Crippen LogP contribution is -2.38. The van der Waals surface area contributed by atoms with Crippen molar-refractivity contribution in [2.24, 2.45) is 0 Å². The van der Waals surface area contributed by atoms with Crippen molar-refractivity contribution in [2.45, 2.75) is 18.6 Å². The monoisotopic (exact) mass is 241 g/mol. The van der Waals surface area contributed by atoms with Crippen molar-refractivity contribution in [3.63, 3.8) is 0 Å². The summed E-state index contributed by atoms with van der Waals surface area (Å²) < 4.78 is 5.58. The van der Waals surface area contributed by atoms with Gasteiger partial charge in [0.1, 0.15) is 11.9 Å². The van der Waals surface area contributed by atoms with Gasteiger partial charge in [-0.05, 0) is 12.5 Å². The van der Waals surface area contributed by atoms with Crippen LogP contribution < -0.4 is 4.90 Å². The SMILES string of the molecule is N#Cc1cc2cn[nH]c2nc1N1C[C@H]2C[C@@H]1CO2. The highest BCUT2D eigenvalue weighted by Gasteiger charge is 2.40. The zero-order chi connectivity index (χ0) is 12.1. The number of nitrogens with one attached hydrogen (secondary N) is 1. The fourth-order valence-corrected chi connectivity index (χ4v) is 2.83. The number of nitriles is 1. The van der Waals surface area contributed by atoms with Crippen molar-refractivity contribution in [1.82, 2.24) is 15.2 Å². The van der Waals surface area contributed by atoms with E-state index in [4.69, 9.17) is 4.74 Å². The lowest BCUT2D eigenvalue weighted by atomic mass is 10.2. The van der Waals surface area contributed by atoms with Crippen LogP contribution in [0.2, 0.25) is 0 Å². The van der Waals surface area contributed by atoms with E-state index in [1.54, 1.807) is 6.20 Å². The van der Waals surface area contributed by atoms with Crippen LogP contribution in [0.4, 0.5) is 5.82 Å². The van der Waals surface area contributed by atoms with Gasteiger partial charge in [-0.2, -0.15) is 10.4 Å². The summed E-state index contributed by atoms with van der Waals surface area (Å²) in [5.41, 5.74) is 1.34. The molecule has 2 aromatic rings. The zero-order valence-corrected chi connectivity index (χ0v) is 9.63. The minimum absolute atomic E-state index is 0.292. The molecule has 0 aliphatic carbocycles. The van der Waals surface area contributed by atoms with Gasteiger partial charge in [-0.15, -0.1) is 0 Å². The summed E-state index contributed by atoms with van der Waals surface area (Å²) in [5.74, 6) is 0.755. The Hall–Kier alpha value is -2.13. The van der Waals surface area contributed by atoms with Gasteiger partial charge >= 0.3 is 0 Å². The molecule has 18 heavy (non-hydrogen) atoms. The number of morpholine rings is 1. The molecule has 2 fully saturated rings. The Kier molecular flexibility index (Phi) is 1.88. The van der Waals surface area contributed by atoms with E-state index in [1.165, 1.54) is 0 Å². The average molecular weight is 241 g/mol. The maximum Gasteiger partial charge on any atom is 0.157 e. The number of aromatic amines is 1. The molecular formula is C12H11N5O. The first-order chi connectivity index (χ1) is 8.85. The van der Waals surface area contributed by atoms with Crippen molar-refractivity contribution < 1.29 is 4.74 Å². The third kappa shape index (κ3) is 1.25. The van der Waals surface area contributed by atoms with Gasteiger partial charge in [0.25, 0.3) is 0 Å². The first kappa shape index (κ1) is 9.85. The Bertz CT molecular complexity index is 658. The molecule has 0 spiro atoms. The van der Waals surface area contributed by atoms with Gasteiger partial charge in [-0.3, -0.25) is 5.10 Å². The Balaban J connectivity index is 1.86. The molecular weight excluding hydrogens is 230 g/mol. The number of anilines is 1. The van der Waals surface area contributed by atoms with Crippen molar-refractivity contribution in [2.75, 3.05) is 18.1 Å². The topological polar surface area (TPSA) is 77.8 Å². The smallest absolute Gasteiger partial charge is 0.157 e. The number of hydrogen-bond donors (Lipinski definition) is 1. The molecule has 2 bridgehead atoms. The first-order valence-corrected chi connectivity index (χ1v) is 5.97. The standard InChI is InChI=1S/C12H11N5O/c13-3-7-1-8-4-14-16-11(8)15-12(7)17-5-10-2-9(17)6-18-10/h1,4,9-10H,2,5-6H2,(H,14,15,16)/t9-,10-/m1/s1. The minimum Gasteiger partial charge on any atom is -0.374 e. The second-order valence-electron chi connectivity index (χ2n) is 4.78. The van der Waals surface area contributed by atoms with Gasteiger partial charge in [0.05, 0.1) is 30.5 Å². The molecule has 2 aliphatic heterocycles. The Morgan fingerprint density at radius 3 is 3.22 bits per heavy atom. The Morgan fingerprint density at radius 2 is 2.50 bits per heavy atom. The predicted molar refractivity (Wildman–Crippen MR) is 64.1 cm³/mol. The summed E-state index contributed by atoms with van der Waals surface area (Å²) in [4.78, 5) is 6.72. The molecule has 0 aromatic carbocycles. The van der Waals surface area contributed by atoms with Gasteiger partial charge in [-0.1, -0.05) is 0 Å². The summed E-state index contributed by atoms with van der Waals surface area (Å²) in [6, 6.07) is 4.42. The van der Waals surface area contributed by atoms with Crippen LogP contribution >= 0.6 is 0 Å². The summed E-state index contributed by atoms with van der Waals surface area (Å²) in [6.45, 7) is 1.56. The third-order valence-corrected chi connectivity index (χ3v) is 3.70. The first-order valence-electron chi connectivity index (χ1n) is 5.97. The highest BCUT2D eigenvalue weighted by Crippen LogP contribution is 2.33. The molecule has 4 rings (SSSR count). The number of aromatic nitrogens is 3. The van der Waals surface area contributed by atoms with Gasteiger partial charge < -0.3 is 9.64 Å². The van der Waals surface area contributed by atoms with E-state index >= 15 is 0 Å². The lowest BCUT2D eigenvalue weighted by Gasteiger charge is -2.28. The lowest BCUT2D eigenvalue weighted by molar-refractivity contribution is 0.0989. The number of fused-ring (bicyclic) bond motifs is 3. The van der Waals surface area contributed by atoms with E-state index in [2.05, 4.69) is 26.2 Å². The zero-order valence-electron chi connectivity index (χ0n) is 9.63. The molecule has 0 radical (unpaired) electrons. The molecule has 2 aromatic heterocycles. The van der Waals surface area contributed by atoms with Crippen molar-refractivity contribution in [3.8, 4) is 6.07 Å². The average Bonchev–Trinajstić information content (AvgIpc) is 3.12. The van der Waals surface area contributed by atoms with Gasteiger partial charge in [-0.25, -0.2) is 4.98 Å². The van der Waals surface area contributed by atoms with Gasteiger partial charge in [0.15, 0.2) is 5.65 Å². The molecule has 4 heterocycles. The molecule has 2 aliphatic rings. The third-order valence-electron chi connectivity index (χ3n) is 3.70. The molecule has 0 unspecified atom stereocenters. The van der Waals surface area contributed by atoms with Crippen LogP contribution in [0.1, 0.15) is 12.0 Å². The molecule has 90 valence electrons. The van der Waals surface area contributed by atoms with Crippen molar-refractivity contribution in [1.29, 1.82) is 5.26 Å². The van der Waals surface area contributed by atoms with Crippen LogP contribution in [-0.2, 0) is 4.74 Å². The van der Waals surface area contributed by atoms with E-state index in [9.17, 15) is 5.26 Å². The Morgan fingerprint density at radius 1 is 1.56 bits per heavy atom. The molecule has 0 amide bonds. The summed E-state index contributed by atoms with van der Waals surface area (Å²) in [6.07, 6.45) is 3.01. The normalized spacial score (nSPS) is 25.8. The number of ether oxygens (including phenoxy) is 1. The largest absolute Gasteiger partial charge is 0.374 e. The molecule has 2 atom stereocenters. The molecule has 2 saturated heterocycles. The van der Waals surface area contributed by atoms with E-state index in [-0.39, 0.29) is 0 Å². The number of H-pyrrole nitrogens is 1. The number of nitrogens with zero attached hydrogens (tertiary/aromatic N) is 4. The van der Waals surface area contributed by atoms with Crippen LogP contribution in [0.5, 0.6) is 0 Å². The van der Waals surface area contributed by atoms with Crippen LogP contribution in [0, 0.1) is 11.3 Å². The van der Waals surface area contributed by atoms with Crippen LogP contribution in [0.15, 0.2) is 12.3 Å². The highest BCUT2D eigenvalue weighted by atomic mass is 16.5. The molecule has 6 nitrogen and oxygen atoms in total. The molecule has 0 saturated carbocycles. The predicted octanol–water partition coefficient (Wildman–Crippen LogP) is 0.807. The Labute approximate surface area is 103 Å². The van der Waals surface area contributed by atoms with Crippen LogP contribution in [0.3, 0.4) is 0 Å². The number of rotatable bonds is 1. The fraction of sp³-hybridized carbons (Fsp3) is 0.417. The highest BCUT2D eigenvalue weighted by molar-refractivity contribution is 5.79. The maximum atomic E-state index is 9.27. The summed E-state index contributed by atoms with van der Waals surface area (Å²) in [5, 5.41) is 16.9. The minimum atomic E-state index is 0.292. The second-order valence-corrected chi connectivity index (χ2v) is 4.78. The summed E-state index contributed by atoms with van der Waals surface area (Å²) >= 11 is 0. The summed E-state index contributed by atoms with van der Waals surface area (Å²) in [7, 11) is 0. The van der Waals surface area contributed by atoms with Gasteiger partial charge in [0.2, 0.25) is 0 Å². The molecule has 1 N–H and O–H groups in total. The number of hydrogen-bond acceptors (Lipinski definition) is 5. The van der Waals surface area contributed by atoms with Crippen molar-refractivity contribution in [3.05, 3.63) is 17.8 Å². The van der Waals surface area contributed by atoms with Crippen molar-refractivity contribution >= 4 is 16.9 Å². The van der Waals surface area contributed by atoms with E-state index < -0.39 is 0 Å². The van der Waals surface area contributed by atoms with E-state index in [1.807, 2.05) is 6.07 Å². The van der Waals surface area contributed by atoms with Crippen LogP contribution in [-0.4, -0.2) is 40.5 Å². The quantitative estimate of drug-likeness (QED) is 0.799.